The third-order valence-electron chi connectivity index (χ3n) is 6.40. The molecule has 29 heavy (non-hydrogen) atoms. The predicted molar refractivity (Wildman–Crippen MR) is 109 cm³/mol. The monoisotopic (exact) mass is 398 g/mol. The Hall–Kier alpha value is -2.60. The number of hydrogen-bond donors (Lipinski definition) is 2. The number of piperidine rings is 1. The molecule has 2 aromatic carbocycles. The summed E-state index contributed by atoms with van der Waals surface area (Å²) in [6, 6.07) is 9.02. The molecule has 2 aliphatic heterocycles. The fourth-order valence-electron chi connectivity index (χ4n) is 4.72. The number of hydrogen-bond acceptors (Lipinski definition) is 4. The van der Waals surface area contributed by atoms with Gasteiger partial charge in [0.15, 0.2) is 0 Å². The van der Waals surface area contributed by atoms with E-state index in [1.807, 2.05) is 11.8 Å². The number of benzene rings is 2. The average Bonchev–Trinajstić information content (AvgIpc) is 3.00. The minimum atomic E-state index is -0.363. The van der Waals surface area contributed by atoms with Crippen LogP contribution in [0, 0.1) is 11.2 Å². The van der Waals surface area contributed by atoms with Gasteiger partial charge in [-0.3, -0.25) is 9.69 Å². The van der Waals surface area contributed by atoms with Crippen LogP contribution in [0.1, 0.15) is 31.7 Å². The molecule has 154 valence electrons. The number of nitrogens with zero attached hydrogens (tertiary/aromatic N) is 2. The van der Waals surface area contributed by atoms with Crippen LogP contribution in [-0.2, 0) is 11.3 Å². The molecule has 2 aliphatic rings. The maximum atomic E-state index is 13.1. The summed E-state index contributed by atoms with van der Waals surface area (Å²) in [5, 5.41) is 20.9. The molecule has 1 spiro atoms. The summed E-state index contributed by atoms with van der Waals surface area (Å²) in [5.74, 6) is -0.120. The summed E-state index contributed by atoms with van der Waals surface area (Å²) in [7, 11) is 0. The van der Waals surface area contributed by atoms with Crippen molar-refractivity contribution >= 4 is 5.91 Å². The summed E-state index contributed by atoms with van der Waals surface area (Å²) in [6.07, 6.45) is 2.63. The van der Waals surface area contributed by atoms with Crippen LogP contribution in [0.3, 0.4) is 0 Å². The first-order chi connectivity index (χ1) is 13.9. The Labute approximate surface area is 170 Å². The van der Waals surface area contributed by atoms with Gasteiger partial charge in [0.05, 0.1) is 5.56 Å². The fourth-order valence-corrected chi connectivity index (χ4v) is 4.72. The minimum absolute atomic E-state index is 0.0138. The van der Waals surface area contributed by atoms with Crippen LogP contribution >= 0.6 is 0 Å². The number of likely N-dealkylation sites (tertiary alicyclic amines) is 2. The van der Waals surface area contributed by atoms with Gasteiger partial charge in [0, 0.05) is 26.1 Å². The van der Waals surface area contributed by atoms with Crippen molar-refractivity contribution in [1.82, 2.24) is 9.80 Å². The van der Waals surface area contributed by atoms with E-state index < -0.39 is 0 Å². The lowest BCUT2D eigenvalue weighted by atomic mass is 9.77. The Balaban J connectivity index is 1.43. The van der Waals surface area contributed by atoms with E-state index in [0.29, 0.717) is 24.1 Å². The molecule has 0 bridgehead atoms. The van der Waals surface area contributed by atoms with Gasteiger partial charge >= 0.3 is 0 Å². The van der Waals surface area contributed by atoms with Gasteiger partial charge in [0.25, 0.3) is 0 Å². The number of amides is 1. The van der Waals surface area contributed by atoms with Crippen LogP contribution in [0.25, 0.3) is 11.1 Å². The van der Waals surface area contributed by atoms with Crippen molar-refractivity contribution in [2.45, 2.75) is 32.7 Å². The highest BCUT2D eigenvalue weighted by atomic mass is 19.1. The van der Waals surface area contributed by atoms with Crippen LogP contribution in [0.15, 0.2) is 36.4 Å². The molecule has 2 N–H and O–H groups in total. The Kier molecular flexibility index (Phi) is 5.21. The van der Waals surface area contributed by atoms with Gasteiger partial charge in [-0.1, -0.05) is 12.1 Å². The van der Waals surface area contributed by atoms with Gasteiger partial charge in [0.2, 0.25) is 5.91 Å². The van der Waals surface area contributed by atoms with Crippen molar-refractivity contribution in [2.24, 2.45) is 5.41 Å². The Morgan fingerprint density at radius 2 is 1.69 bits per heavy atom. The maximum Gasteiger partial charge on any atom is 0.223 e. The highest BCUT2D eigenvalue weighted by Gasteiger charge is 2.44. The van der Waals surface area contributed by atoms with E-state index in [1.165, 1.54) is 24.3 Å². The highest BCUT2D eigenvalue weighted by Crippen LogP contribution is 2.42. The van der Waals surface area contributed by atoms with Crippen LogP contribution in [0.4, 0.5) is 4.39 Å². The highest BCUT2D eigenvalue weighted by molar-refractivity contribution is 5.79. The number of phenolic OH excluding ortho intramolecular Hbond substituents is 2. The molecule has 4 rings (SSSR count). The SMILES string of the molecule is CCN1CC2(CCN(Cc3cc(O)c(-c4ccc(F)cc4)c(O)c3)CC2)CC1=O. The summed E-state index contributed by atoms with van der Waals surface area (Å²) in [5.41, 5.74) is 1.83. The molecule has 0 unspecified atom stereocenters. The zero-order valence-electron chi connectivity index (χ0n) is 16.7. The molecule has 2 fully saturated rings. The number of rotatable bonds is 4. The molecule has 6 heteroatoms. The van der Waals surface area contributed by atoms with Gasteiger partial charge in [-0.05, 0) is 73.7 Å². The standard InChI is InChI=1S/C23H27FN2O3/c1-2-26-15-23(13-21(26)29)7-9-25(10-8-23)14-16-11-19(27)22(20(28)12-16)17-3-5-18(24)6-4-17/h3-6,11-12,27-28H,2,7-10,13-15H2,1H3. The first-order valence-corrected chi connectivity index (χ1v) is 10.2. The van der Waals surface area contributed by atoms with E-state index in [0.717, 1.165) is 44.6 Å². The largest absolute Gasteiger partial charge is 0.507 e. The molecule has 0 atom stereocenters. The molecule has 1 amide bonds. The van der Waals surface area contributed by atoms with Crippen LogP contribution in [0.2, 0.25) is 0 Å². The lowest BCUT2D eigenvalue weighted by molar-refractivity contribution is -0.127. The van der Waals surface area contributed by atoms with E-state index >= 15 is 0 Å². The predicted octanol–water partition coefficient (Wildman–Crippen LogP) is 3.74. The molecular weight excluding hydrogens is 371 g/mol. The molecule has 0 aromatic heterocycles. The Morgan fingerprint density at radius 3 is 2.24 bits per heavy atom. The second kappa shape index (κ2) is 7.67. The number of aromatic hydroxyl groups is 2. The summed E-state index contributed by atoms with van der Waals surface area (Å²) in [4.78, 5) is 16.4. The van der Waals surface area contributed by atoms with E-state index in [-0.39, 0.29) is 28.6 Å². The molecule has 2 saturated heterocycles. The third-order valence-corrected chi connectivity index (χ3v) is 6.40. The van der Waals surface area contributed by atoms with E-state index in [1.54, 1.807) is 12.1 Å². The Bertz CT molecular complexity index is 882. The van der Waals surface area contributed by atoms with E-state index in [2.05, 4.69) is 4.90 Å². The van der Waals surface area contributed by atoms with Gasteiger partial charge in [-0.15, -0.1) is 0 Å². The lowest BCUT2D eigenvalue weighted by Gasteiger charge is -2.38. The van der Waals surface area contributed by atoms with Crippen molar-refractivity contribution in [3.8, 4) is 22.6 Å². The van der Waals surface area contributed by atoms with Crippen LogP contribution in [-0.4, -0.2) is 52.1 Å². The first kappa shape index (κ1) is 19.7. The molecule has 2 aromatic rings. The molecule has 2 heterocycles. The smallest absolute Gasteiger partial charge is 0.223 e. The van der Waals surface area contributed by atoms with Crippen molar-refractivity contribution in [1.29, 1.82) is 0 Å². The van der Waals surface area contributed by atoms with Crippen molar-refractivity contribution in [3.63, 3.8) is 0 Å². The van der Waals surface area contributed by atoms with Crippen molar-refractivity contribution < 1.29 is 19.4 Å². The average molecular weight is 398 g/mol. The van der Waals surface area contributed by atoms with Crippen molar-refractivity contribution in [2.75, 3.05) is 26.2 Å². The van der Waals surface area contributed by atoms with Gasteiger partial charge in [0.1, 0.15) is 17.3 Å². The first-order valence-electron chi connectivity index (χ1n) is 10.2. The topological polar surface area (TPSA) is 64.0 Å². The normalized spacial score (nSPS) is 19.2. The summed E-state index contributed by atoms with van der Waals surface area (Å²) < 4.78 is 13.1. The lowest BCUT2D eigenvalue weighted by Crippen LogP contribution is -2.41. The third kappa shape index (κ3) is 3.94. The van der Waals surface area contributed by atoms with Gasteiger partial charge in [-0.25, -0.2) is 4.39 Å². The summed E-state index contributed by atoms with van der Waals surface area (Å²) >= 11 is 0. The minimum Gasteiger partial charge on any atom is -0.507 e. The molecule has 0 radical (unpaired) electrons. The molecular formula is C23H27FN2O3. The summed E-state index contributed by atoms with van der Waals surface area (Å²) in [6.45, 7) is 6.10. The van der Waals surface area contributed by atoms with Gasteiger partial charge in [-0.2, -0.15) is 0 Å². The fraction of sp³-hybridized carbons (Fsp3) is 0.435. The quantitative estimate of drug-likeness (QED) is 0.824. The number of halogens is 1. The number of carbonyl (C=O) groups excluding carboxylic acids is 1. The van der Waals surface area contributed by atoms with Crippen molar-refractivity contribution in [3.05, 3.63) is 47.8 Å². The second-order valence-corrected chi connectivity index (χ2v) is 8.38. The number of carbonyl (C=O) groups is 1. The van der Waals surface area contributed by atoms with Crippen LogP contribution in [0.5, 0.6) is 11.5 Å². The second-order valence-electron chi connectivity index (χ2n) is 8.38. The molecule has 0 aliphatic carbocycles. The van der Waals surface area contributed by atoms with Gasteiger partial charge < -0.3 is 15.1 Å². The van der Waals surface area contributed by atoms with E-state index in [9.17, 15) is 19.4 Å². The van der Waals surface area contributed by atoms with E-state index in [4.69, 9.17) is 0 Å². The Morgan fingerprint density at radius 1 is 1.07 bits per heavy atom. The number of phenols is 2. The zero-order valence-corrected chi connectivity index (χ0v) is 16.7. The maximum absolute atomic E-state index is 13.1. The van der Waals surface area contributed by atoms with Crippen LogP contribution < -0.4 is 0 Å². The molecule has 0 saturated carbocycles. The zero-order chi connectivity index (χ0) is 20.6. The molecule has 5 nitrogen and oxygen atoms in total.